The Morgan fingerprint density at radius 1 is 1.17 bits per heavy atom. The van der Waals surface area contributed by atoms with E-state index in [9.17, 15) is 44.9 Å². The number of amides is 1. The summed E-state index contributed by atoms with van der Waals surface area (Å²) in [7, 11) is 0. The van der Waals surface area contributed by atoms with Crippen LogP contribution in [-0.4, -0.2) is 53.4 Å². The van der Waals surface area contributed by atoms with Gasteiger partial charge in [-0.3, -0.25) is 24.5 Å². The van der Waals surface area contributed by atoms with Crippen LogP contribution >= 0.6 is 11.3 Å². The number of nitro groups is 1. The van der Waals surface area contributed by atoms with Gasteiger partial charge in [-0.05, 0) is 30.4 Å². The van der Waals surface area contributed by atoms with Crippen LogP contribution in [0.5, 0.6) is 5.75 Å². The molecular formula is C28H22N4O9S. The van der Waals surface area contributed by atoms with Crippen LogP contribution in [0.4, 0.5) is 16.5 Å². The molecule has 0 aliphatic heterocycles. The van der Waals surface area contributed by atoms with Crippen LogP contribution in [0.25, 0.3) is 17.0 Å². The van der Waals surface area contributed by atoms with Crippen molar-refractivity contribution in [3.8, 4) is 17.0 Å². The first kappa shape index (κ1) is 27.1. The molecule has 3 aliphatic rings. The molecule has 1 heterocycles. The lowest BCUT2D eigenvalue weighted by Gasteiger charge is -2.46. The molecule has 2 aromatic carbocycles. The highest BCUT2D eigenvalue weighted by molar-refractivity contribution is 7.14. The quantitative estimate of drug-likeness (QED) is 0.109. The van der Waals surface area contributed by atoms with Crippen molar-refractivity contribution in [2.75, 3.05) is 5.32 Å². The van der Waals surface area contributed by atoms with Gasteiger partial charge in [0.2, 0.25) is 5.78 Å². The van der Waals surface area contributed by atoms with E-state index in [-0.39, 0.29) is 41.8 Å². The minimum Gasteiger partial charge on any atom is -0.508 e. The van der Waals surface area contributed by atoms with Crippen molar-refractivity contribution >= 4 is 51.1 Å². The molecule has 0 spiro atoms. The van der Waals surface area contributed by atoms with Gasteiger partial charge in [0.25, 0.3) is 11.6 Å². The summed E-state index contributed by atoms with van der Waals surface area (Å²) in [5.41, 5.74) is 2.99. The Morgan fingerprint density at radius 3 is 2.64 bits per heavy atom. The normalized spacial score (nSPS) is 23.3. The average molecular weight is 591 g/mol. The molecule has 1 aromatic heterocycles. The largest absolute Gasteiger partial charge is 0.508 e. The zero-order valence-corrected chi connectivity index (χ0v) is 22.3. The average Bonchev–Trinajstić information content (AvgIpc) is 3.41. The van der Waals surface area contributed by atoms with Crippen molar-refractivity contribution in [3.63, 3.8) is 0 Å². The first-order valence-electron chi connectivity index (χ1n) is 12.7. The summed E-state index contributed by atoms with van der Waals surface area (Å²) in [6, 6.07) is 9.18. The van der Waals surface area contributed by atoms with Gasteiger partial charge in [0.1, 0.15) is 22.8 Å². The molecule has 1 fully saturated rings. The number of primary amides is 1. The van der Waals surface area contributed by atoms with Crippen molar-refractivity contribution in [1.29, 1.82) is 0 Å². The SMILES string of the molecule is NC(=O)C1=C(O)[C@@]2(O)C(=O)C3=C(O)c4c(ccc(Nc5nc(-c6cccc([N+](=O)[O-])c6)cs5)c4O)C[C@H]3C[C@H]2CC1=O. The first-order valence-corrected chi connectivity index (χ1v) is 13.6. The van der Waals surface area contributed by atoms with Gasteiger partial charge in [0, 0.05) is 41.0 Å². The number of nitrogens with zero attached hydrogens (tertiary/aromatic N) is 2. The van der Waals surface area contributed by atoms with Gasteiger partial charge >= 0.3 is 0 Å². The number of hydrogen-bond donors (Lipinski definition) is 6. The Kier molecular flexibility index (Phi) is 6.13. The second-order valence-corrected chi connectivity index (χ2v) is 11.2. The van der Waals surface area contributed by atoms with E-state index in [0.29, 0.717) is 22.0 Å². The number of fused-ring (bicyclic) bond motifs is 3. The van der Waals surface area contributed by atoms with Gasteiger partial charge < -0.3 is 31.5 Å². The smallest absolute Gasteiger partial charge is 0.270 e. The van der Waals surface area contributed by atoms with Crippen molar-refractivity contribution in [3.05, 3.63) is 79.9 Å². The molecule has 3 atom stereocenters. The minimum absolute atomic E-state index is 0.0449. The number of nitrogens with two attached hydrogens (primary N) is 1. The third-order valence-electron chi connectivity index (χ3n) is 8.03. The highest BCUT2D eigenvalue weighted by Crippen LogP contribution is 2.52. The highest BCUT2D eigenvalue weighted by atomic mass is 32.1. The number of carbonyl (C=O) groups excluding carboxylic acids is 3. The number of nitrogens with one attached hydrogen (secondary N) is 1. The van der Waals surface area contributed by atoms with E-state index < -0.39 is 62.7 Å². The highest BCUT2D eigenvalue weighted by Gasteiger charge is 2.60. The summed E-state index contributed by atoms with van der Waals surface area (Å²) in [6.45, 7) is 0. The number of hydrogen-bond acceptors (Lipinski definition) is 12. The van der Waals surface area contributed by atoms with Crippen LogP contribution in [0.1, 0.15) is 24.0 Å². The van der Waals surface area contributed by atoms with Crippen LogP contribution in [0.2, 0.25) is 0 Å². The number of non-ortho nitro benzene ring substituents is 1. The molecule has 0 unspecified atom stereocenters. The molecule has 0 radical (unpaired) electrons. The predicted molar refractivity (Wildman–Crippen MR) is 149 cm³/mol. The number of aliphatic hydroxyl groups excluding tert-OH is 2. The molecular weight excluding hydrogens is 568 g/mol. The van der Waals surface area contributed by atoms with Crippen molar-refractivity contribution in [2.45, 2.75) is 24.9 Å². The molecule has 1 saturated carbocycles. The van der Waals surface area contributed by atoms with E-state index in [2.05, 4.69) is 10.3 Å². The van der Waals surface area contributed by atoms with Crippen LogP contribution in [0.15, 0.2) is 58.7 Å². The second-order valence-electron chi connectivity index (χ2n) is 10.4. The van der Waals surface area contributed by atoms with Crippen LogP contribution < -0.4 is 11.1 Å². The Bertz CT molecular complexity index is 1810. The topological polar surface area (TPSA) is 226 Å². The Morgan fingerprint density at radius 2 is 1.93 bits per heavy atom. The third-order valence-corrected chi connectivity index (χ3v) is 8.79. The standard InChI is InChI=1S/C28H22N4O9S/c29-26(38)21-18(33)9-14-7-13-6-12-4-5-16(22(34)19(12)23(35)20(13)24(36)28(14,39)25(21)37)30-27-31-17(10-42-27)11-2-1-3-15(8-11)32(40)41/h1-5,8,10,13-14,34-35,37,39H,6-7,9H2,(H2,29,38)(H,30,31)/t13-,14-,28-/m0/s1. The van der Waals surface area contributed by atoms with E-state index in [4.69, 9.17) is 5.73 Å². The number of aliphatic hydroxyl groups is 3. The molecule has 42 heavy (non-hydrogen) atoms. The molecule has 214 valence electrons. The summed E-state index contributed by atoms with van der Waals surface area (Å²) in [6.07, 6.45) is -0.151. The minimum atomic E-state index is -2.63. The predicted octanol–water partition coefficient (Wildman–Crippen LogP) is 3.20. The van der Waals surface area contributed by atoms with Gasteiger partial charge in [0.15, 0.2) is 16.5 Å². The zero-order valence-electron chi connectivity index (χ0n) is 21.5. The summed E-state index contributed by atoms with van der Waals surface area (Å²) in [5.74, 6) is -6.93. The summed E-state index contributed by atoms with van der Waals surface area (Å²) >= 11 is 1.17. The number of phenolic OH excluding ortho intramolecular Hbond substituents is 1. The van der Waals surface area contributed by atoms with Crippen LogP contribution in [0.3, 0.4) is 0 Å². The number of carbonyl (C=O) groups is 3. The molecule has 3 aliphatic carbocycles. The molecule has 1 amide bonds. The molecule has 0 saturated heterocycles. The number of aromatic hydroxyl groups is 1. The zero-order chi connectivity index (χ0) is 30.1. The van der Waals surface area contributed by atoms with E-state index in [1.165, 1.54) is 23.5 Å². The Labute approximate surface area is 240 Å². The number of benzene rings is 2. The van der Waals surface area contributed by atoms with Crippen LogP contribution in [0, 0.1) is 22.0 Å². The maximum absolute atomic E-state index is 13.6. The number of aromatic nitrogens is 1. The number of thiazole rings is 1. The van der Waals surface area contributed by atoms with Crippen LogP contribution in [-0.2, 0) is 20.8 Å². The van der Waals surface area contributed by atoms with E-state index in [1.54, 1.807) is 29.6 Å². The van der Waals surface area contributed by atoms with Gasteiger partial charge in [-0.15, -0.1) is 11.3 Å². The lowest BCUT2D eigenvalue weighted by atomic mass is 9.59. The summed E-state index contributed by atoms with van der Waals surface area (Å²) in [5, 5.41) is 60.6. The van der Waals surface area contributed by atoms with E-state index >= 15 is 0 Å². The fourth-order valence-corrected chi connectivity index (χ4v) is 6.79. The molecule has 3 aromatic rings. The van der Waals surface area contributed by atoms with Crippen molar-refractivity contribution < 1.29 is 39.7 Å². The number of ketones is 2. The molecule has 7 N–H and O–H groups in total. The summed E-state index contributed by atoms with van der Waals surface area (Å²) < 4.78 is 0. The van der Waals surface area contributed by atoms with Gasteiger partial charge in [0.05, 0.1) is 21.9 Å². The third kappa shape index (κ3) is 3.94. The second kappa shape index (κ2) is 9.49. The van der Waals surface area contributed by atoms with Gasteiger partial charge in [-0.25, -0.2) is 4.98 Å². The van der Waals surface area contributed by atoms with Crippen molar-refractivity contribution in [2.24, 2.45) is 17.6 Å². The number of rotatable bonds is 5. The van der Waals surface area contributed by atoms with E-state index in [1.807, 2.05) is 0 Å². The number of phenols is 1. The number of nitro benzene ring substituents is 1. The maximum Gasteiger partial charge on any atom is 0.270 e. The van der Waals surface area contributed by atoms with Gasteiger partial charge in [-0.1, -0.05) is 18.2 Å². The Hall–Kier alpha value is -5.08. The van der Waals surface area contributed by atoms with E-state index in [0.717, 1.165) is 0 Å². The fourth-order valence-electron chi connectivity index (χ4n) is 6.05. The molecule has 6 rings (SSSR count). The fraction of sp³-hybridized carbons (Fsp3) is 0.214. The molecule has 0 bridgehead atoms. The number of anilines is 2. The number of Topliss-reactive ketones (excluding diaryl/α,β-unsaturated/α-hetero) is 2. The van der Waals surface area contributed by atoms with Gasteiger partial charge in [-0.2, -0.15) is 0 Å². The summed E-state index contributed by atoms with van der Waals surface area (Å²) in [4.78, 5) is 52.9. The lowest BCUT2D eigenvalue weighted by Crippen LogP contribution is -2.58. The molecule has 14 heteroatoms. The maximum atomic E-state index is 13.6. The first-order chi connectivity index (χ1) is 19.9. The van der Waals surface area contributed by atoms with Crippen molar-refractivity contribution in [1.82, 2.24) is 4.98 Å². The molecule has 13 nitrogen and oxygen atoms in total. The Balaban J connectivity index is 1.36. The lowest BCUT2D eigenvalue weighted by molar-refractivity contribution is -0.384. The monoisotopic (exact) mass is 590 g/mol.